The molecule has 0 saturated heterocycles. The van der Waals surface area contributed by atoms with Crippen molar-refractivity contribution in [2.45, 2.75) is 32.4 Å². The molecule has 8 heteroatoms. The normalized spacial score (nSPS) is 14.9. The molecule has 1 aliphatic rings. The molecule has 0 aliphatic carbocycles. The summed E-state index contributed by atoms with van der Waals surface area (Å²) in [5, 5.41) is 3.29. The lowest BCUT2D eigenvalue weighted by Crippen LogP contribution is -2.42. The number of imide groups is 1. The summed E-state index contributed by atoms with van der Waals surface area (Å²) in [6.45, 7) is 8.51. The van der Waals surface area contributed by atoms with Gasteiger partial charge < -0.3 is 14.6 Å². The maximum absolute atomic E-state index is 13.1. The minimum atomic E-state index is -2.57. The average molecular weight is 442 g/mol. The van der Waals surface area contributed by atoms with Gasteiger partial charge in [0.2, 0.25) is 0 Å². The molecule has 1 N–H and O–H groups in total. The standard InChI is InChI=1S/C23H27N2O5P/c1-23(2,3)30-22(28)24-14-19(15-9-8-10-16(13-15)31(4,5)29)25-20(26)17-11-6-7-12-18(17)21(25)27/h6-13,19H,14H2,1-5H3,(H,24,28). The zero-order valence-corrected chi connectivity index (χ0v) is 19.2. The number of carbonyl (C=O) groups excluding carboxylic acids is 3. The SMILES string of the molecule is CC(C)(C)OC(=O)NCC(c1cccc(P(C)(C)=O)c1)N1C(=O)c2ccccc2C1=O. The van der Waals surface area contributed by atoms with Gasteiger partial charge in [0.25, 0.3) is 11.8 Å². The molecule has 31 heavy (non-hydrogen) atoms. The second-order valence-corrected chi connectivity index (χ2v) is 12.1. The van der Waals surface area contributed by atoms with Crippen LogP contribution in [0.15, 0.2) is 48.5 Å². The first-order valence-corrected chi connectivity index (χ1v) is 12.6. The van der Waals surface area contributed by atoms with Crippen molar-refractivity contribution < 1.29 is 23.7 Å². The molecule has 3 amide bonds. The van der Waals surface area contributed by atoms with Crippen molar-refractivity contribution in [3.8, 4) is 0 Å². The Hall–Kier alpha value is -2.92. The number of benzene rings is 2. The molecule has 2 aromatic carbocycles. The number of hydrogen-bond acceptors (Lipinski definition) is 5. The maximum Gasteiger partial charge on any atom is 0.407 e. The highest BCUT2D eigenvalue weighted by atomic mass is 31.2. The molecule has 1 heterocycles. The Morgan fingerprint density at radius 2 is 1.61 bits per heavy atom. The molecule has 2 aromatic rings. The summed E-state index contributed by atoms with van der Waals surface area (Å²) in [7, 11) is -2.57. The van der Waals surface area contributed by atoms with Crippen LogP contribution in [0, 0.1) is 0 Å². The molecule has 1 atom stereocenters. The van der Waals surface area contributed by atoms with Gasteiger partial charge in [0, 0.05) is 11.8 Å². The van der Waals surface area contributed by atoms with Crippen LogP contribution in [-0.4, -0.2) is 48.3 Å². The molecule has 0 aromatic heterocycles. The van der Waals surface area contributed by atoms with Gasteiger partial charge >= 0.3 is 6.09 Å². The maximum atomic E-state index is 13.1. The third-order valence-electron chi connectivity index (χ3n) is 4.85. The predicted octanol–water partition coefficient (Wildman–Crippen LogP) is 3.80. The first-order valence-electron chi connectivity index (χ1n) is 9.98. The van der Waals surface area contributed by atoms with Gasteiger partial charge in [0.15, 0.2) is 0 Å². The number of nitrogens with zero attached hydrogens (tertiary/aromatic N) is 1. The van der Waals surface area contributed by atoms with Crippen LogP contribution in [0.3, 0.4) is 0 Å². The molecular formula is C23H27N2O5P. The molecule has 0 saturated carbocycles. The van der Waals surface area contributed by atoms with Crippen LogP contribution >= 0.6 is 7.14 Å². The number of fused-ring (bicyclic) bond motifs is 1. The summed E-state index contributed by atoms with van der Waals surface area (Å²) in [6.07, 6.45) is -0.651. The number of nitrogens with one attached hydrogen (secondary N) is 1. The molecule has 1 unspecified atom stereocenters. The van der Waals surface area contributed by atoms with Crippen LogP contribution in [0.1, 0.15) is 53.1 Å². The van der Waals surface area contributed by atoms with E-state index in [0.29, 0.717) is 22.0 Å². The van der Waals surface area contributed by atoms with Gasteiger partial charge in [-0.1, -0.05) is 30.3 Å². The summed E-state index contributed by atoms with van der Waals surface area (Å²) in [5.41, 5.74) is 0.559. The molecule has 1 aliphatic heterocycles. The first kappa shape index (κ1) is 22.8. The Balaban J connectivity index is 1.98. The molecule has 0 bridgehead atoms. The van der Waals surface area contributed by atoms with Gasteiger partial charge in [-0.2, -0.15) is 0 Å². The minimum Gasteiger partial charge on any atom is -0.444 e. The van der Waals surface area contributed by atoms with E-state index in [9.17, 15) is 18.9 Å². The van der Waals surface area contributed by atoms with Crippen LogP contribution in [0.2, 0.25) is 0 Å². The quantitative estimate of drug-likeness (QED) is 0.562. The number of hydrogen-bond donors (Lipinski definition) is 1. The van der Waals surface area contributed by atoms with Gasteiger partial charge in [0.1, 0.15) is 12.7 Å². The number of alkyl carbamates (subject to hydrolysis) is 1. The van der Waals surface area contributed by atoms with Gasteiger partial charge in [-0.15, -0.1) is 0 Å². The molecule has 3 rings (SSSR count). The fourth-order valence-electron chi connectivity index (χ4n) is 3.41. The van der Waals surface area contributed by atoms with Crippen molar-refractivity contribution in [2.75, 3.05) is 19.9 Å². The topological polar surface area (TPSA) is 92.8 Å². The minimum absolute atomic E-state index is 0.0401. The lowest BCUT2D eigenvalue weighted by atomic mass is 10.1. The Morgan fingerprint density at radius 3 is 2.13 bits per heavy atom. The van der Waals surface area contributed by atoms with E-state index in [1.165, 1.54) is 0 Å². The number of ether oxygens (including phenoxy) is 1. The van der Waals surface area contributed by atoms with Crippen molar-refractivity contribution in [1.82, 2.24) is 10.2 Å². The highest BCUT2D eigenvalue weighted by molar-refractivity contribution is 7.70. The summed E-state index contributed by atoms with van der Waals surface area (Å²) >= 11 is 0. The Morgan fingerprint density at radius 1 is 1.03 bits per heavy atom. The zero-order chi connectivity index (χ0) is 23.0. The number of rotatable bonds is 5. The second kappa shape index (κ2) is 8.31. The number of amides is 3. The molecule has 0 radical (unpaired) electrons. The van der Waals surface area contributed by atoms with Crippen molar-refractivity contribution in [3.05, 3.63) is 65.2 Å². The Labute approximate surface area is 182 Å². The lowest BCUT2D eigenvalue weighted by Gasteiger charge is -2.28. The summed E-state index contributed by atoms with van der Waals surface area (Å²) in [6, 6.07) is 12.8. The van der Waals surface area contributed by atoms with Crippen LogP contribution in [-0.2, 0) is 9.30 Å². The van der Waals surface area contributed by atoms with E-state index in [4.69, 9.17) is 4.74 Å². The van der Waals surface area contributed by atoms with Gasteiger partial charge in [-0.05, 0) is 57.9 Å². The lowest BCUT2D eigenvalue weighted by molar-refractivity contribution is 0.0467. The fraction of sp³-hybridized carbons (Fsp3) is 0.348. The summed E-state index contributed by atoms with van der Waals surface area (Å²) in [4.78, 5) is 39.6. The summed E-state index contributed by atoms with van der Waals surface area (Å²) in [5.74, 6) is -0.864. The van der Waals surface area contributed by atoms with Gasteiger partial charge in [0.05, 0.1) is 17.2 Å². The van der Waals surface area contributed by atoms with E-state index >= 15 is 0 Å². The van der Waals surface area contributed by atoms with Crippen molar-refractivity contribution >= 4 is 30.4 Å². The molecule has 0 fully saturated rings. The van der Waals surface area contributed by atoms with Gasteiger partial charge in [-0.25, -0.2) is 4.79 Å². The van der Waals surface area contributed by atoms with Crippen molar-refractivity contribution in [3.63, 3.8) is 0 Å². The van der Waals surface area contributed by atoms with E-state index in [0.717, 1.165) is 4.90 Å². The average Bonchev–Trinajstić information content (AvgIpc) is 2.92. The fourth-order valence-corrected chi connectivity index (χ4v) is 4.32. The van der Waals surface area contributed by atoms with Crippen LogP contribution in [0.5, 0.6) is 0 Å². The van der Waals surface area contributed by atoms with Crippen LogP contribution in [0.25, 0.3) is 0 Å². The van der Waals surface area contributed by atoms with Crippen LogP contribution < -0.4 is 10.6 Å². The monoisotopic (exact) mass is 442 g/mol. The highest BCUT2D eigenvalue weighted by Crippen LogP contribution is 2.36. The third kappa shape index (κ3) is 5.05. The predicted molar refractivity (Wildman–Crippen MR) is 119 cm³/mol. The van der Waals surface area contributed by atoms with Crippen LogP contribution in [0.4, 0.5) is 4.79 Å². The van der Waals surface area contributed by atoms with E-state index in [1.54, 1.807) is 82.6 Å². The Kier molecular flexibility index (Phi) is 6.10. The largest absolute Gasteiger partial charge is 0.444 e. The zero-order valence-electron chi connectivity index (χ0n) is 18.3. The molecule has 164 valence electrons. The van der Waals surface area contributed by atoms with Gasteiger partial charge in [-0.3, -0.25) is 14.5 Å². The number of carbonyl (C=O) groups is 3. The molecule has 7 nitrogen and oxygen atoms in total. The molecule has 0 spiro atoms. The summed E-state index contributed by atoms with van der Waals surface area (Å²) < 4.78 is 17.9. The third-order valence-corrected chi connectivity index (χ3v) is 6.37. The Bertz CT molecular complexity index is 1050. The molecular weight excluding hydrogens is 415 g/mol. The highest BCUT2D eigenvalue weighted by Gasteiger charge is 2.40. The smallest absolute Gasteiger partial charge is 0.407 e. The van der Waals surface area contributed by atoms with E-state index in [2.05, 4.69) is 5.32 Å². The van der Waals surface area contributed by atoms with E-state index < -0.39 is 36.7 Å². The first-order chi connectivity index (χ1) is 14.4. The second-order valence-electron chi connectivity index (χ2n) is 8.87. The van der Waals surface area contributed by atoms with Crippen molar-refractivity contribution in [2.24, 2.45) is 0 Å². The van der Waals surface area contributed by atoms with Crippen molar-refractivity contribution in [1.29, 1.82) is 0 Å². The van der Waals surface area contributed by atoms with E-state index in [-0.39, 0.29) is 6.54 Å². The van der Waals surface area contributed by atoms with E-state index in [1.807, 2.05) is 0 Å².